The molecular weight excluding hydrogens is 361 g/mol. The molecule has 1 aliphatic heterocycles. The Morgan fingerprint density at radius 1 is 1.22 bits per heavy atom. The van der Waals surface area contributed by atoms with E-state index in [0.29, 0.717) is 42.3 Å². The van der Waals surface area contributed by atoms with Crippen LogP contribution >= 0.6 is 0 Å². The van der Waals surface area contributed by atoms with Gasteiger partial charge in [0, 0.05) is 44.3 Å². The molecule has 0 fully saturated rings. The van der Waals surface area contributed by atoms with Crippen LogP contribution in [0.4, 0.5) is 19.0 Å². The number of pyridine rings is 1. The third kappa shape index (κ3) is 4.18. The van der Waals surface area contributed by atoms with Gasteiger partial charge in [0.05, 0.1) is 17.8 Å². The molecule has 0 spiro atoms. The number of rotatable bonds is 6. The fraction of sp³-hybridized carbons (Fsp3) is 0.278. The van der Waals surface area contributed by atoms with E-state index in [4.69, 9.17) is 0 Å². The lowest BCUT2D eigenvalue weighted by atomic mass is 10.2. The quantitative estimate of drug-likeness (QED) is 0.808. The lowest BCUT2D eigenvalue weighted by Crippen LogP contribution is -2.34. The van der Waals surface area contributed by atoms with E-state index in [1.165, 1.54) is 13.0 Å². The number of fused-ring (bicyclic) bond motifs is 1. The number of halogens is 3. The first-order chi connectivity index (χ1) is 12.8. The van der Waals surface area contributed by atoms with Crippen molar-refractivity contribution in [2.75, 3.05) is 18.4 Å². The zero-order chi connectivity index (χ0) is 19.6. The first-order valence-corrected chi connectivity index (χ1v) is 8.26. The number of benzene rings is 1. The zero-order valence-corrected chi connectivity index (χ0v) is 14.5. The zero-order valence-electron chi connectivity index (χ0n) is 14.5. The van der Waals surface area contributed by atoms with Crippen molar-refractivity contribution in [2.45, 2.75) is 20.0 Å². The predicted octanol–water partition coefficient (Wildman–Crippen LogP) is 2.20. The molecule has 2 aromatic rings. The molecule has 1 aliphatic rings. The van der Waals surface area contributed by atoms with Gasteiger partial charge >= 0.3 is 0 Å². The van der Waals surface area contributed by atoms with Crippen LogP contribution in [0.3, 0.4) is 0 Å². The van der Waals surface area contributed by atoms with Crippen LogP contribution in [-0.4, -0.2) is 34.8 Å². The van der Waals surface area contributed by atoms with Gasteiger partial charge in [-0.15, -0.1) is 0 Å². The van der Waals surface area contributed by atoms with Crippen LogP contribution in [0.2, 0.25) is 0 Å². The monoisotopic (exact) mass is 378 g/mol. The average Bonchev–Trinajstić information content (AvgIpc) is 2.89. The summed E-state index contributed by atoms with van der Waals surface area (Å²) in [5.74, 6) is -2.98. The van der Waals surface area contributed by atoms with Crippen LogP contribution in [0.25, 0.3) is 0 Å². The lowest BCUT2D eigenvalue weighted by Gasteiger charge is -2.14. The van der Waals surface area contributed by atoms with Gasteiger partial charge in [-0.25, -0.2) is 18.2 Å². The number of amides is 2. The molecule has 6 nitrogen and oxygen atoms in total. The number of aromatic nitrogens is 1. The summed E-state index contributed by atoms with van der Waals surface area (Å²) in [5.41, 5.74) is 0.683. The first kappa shape index (κ1) is 18.7. The molecule has 0 unspecified atom stereocenters. The number of hydrogen-bond acceptors (Lipinski definition) is 4. The van der Waals surface area contributed by atoms with Crippen molar-refractivity contribution >= 4 is 17.6 Å². The second kappa shape index (κ2) is 7.65. The molecule has 1 aromatic heterocycles. The molecule has 142 valence electrons. The van der Waals surface area contributed by atoms with Gasteiger partial charge in [-0.3, -0.25) is 9.59 Å². The predicted molar refractivity (Wildman–Crippen MR) is 91.3 cm³/mol. The molecule has 2 heterocycles. The second-order valence-corrected chi connectivity index (χ2v) is 6.10. The number of hydrogen-bond donors (Lipinski definition) is 2. The SMILES string of the molecule is CC(=O)NCCN1Cc2nc(NCc3c(F)cc(F)cc3F)ccc2C1=O. The van der Waals surface area contributed by atoms with E-state index >= 15 is 0 Å². The fourth-order valence-corrected chi connectivity index (χ4v) is 2.81. The van der Waals surface area contributed by atoms with E-state index in [0.717, 1.165) is 0 Å². The van der Waals surface area contributed by atoms with Gasteiger partial charge in [-0.1, -0.05) is 0 Å². The molecule has 27 heavy (non-hydrogen) atoms. The largest absolute Gasteiger partial charge is 0.366 e. The van der Waals surface area contributed by atoms with Crippen molar-refractivity contribution in [2.24, 2.45) is 0 Å². The maximum absolute atomic E-state index is 13.7. The standard InChI is InChI=1S/C18H17F3N4O2/c1-10(26)22-4-5-25-9-16-12(18(25)27)2-3-17(24-16)23-8-13-14(20)6-11(19)7-15(13)21/h2-3,6-7H,4-5,8-9H2,1H3,(H,22,26)(H,23,24). The highest BCUT2D eigenvalue weighted by Gasteiger charge is 2.28. The van der Waals surface area contributed by atoms with Crippen molar-refractivity contribution in [3.05, 3.63) is 58.5 Å². The van der Waals surface area contributed by atoms with E-state index in [-0.39, 0.29) is 30.5 Å². The number of nitrogens with one attached hydrogen (secondary N) is 2. The molecule has 0 atom stereocenters. The molecule has 0 saturated carbocycles. The first-order valence-electron chi connectivity index (χ1n) is 8.26. The summed E-state index contributed by atoms with van der Waals surface area (Å²) in [6.45, 7) is 2.14. The molecule has 0 radical (unpaired) electrons. The summed E-state index contributed by atoms with van der Waals surface area (Å²) in [4.78, 5) is 29.1. The summed E-state index contributed by atoms with van der Waals surface area (Å²) in [5, 5.41) is 5.40. The Morgan fingerprint density at radius 3 is 2.59 bits per heavy atom. The summed E-state index contributed by atoms with van der Waals surface area (Å²) in [6.07, 6.45) is 0. The van der Waals surface area contributed by atoms with E-state index < -0.39 is 17.5 Å². The van der Waals surface area contributed by atoms with Crippen molar-refractivity contribution in [3.8, 4) is 0 Å². The van der Waals surface area contributed by atoms with E-state index in [1.54, 1.807) is 11.0 Å². The molecule has 1 aromatic carbocycles. The average molecular weight is 378 g/mol. The molecule has 0 saturated heterocycles. The Balaban J connectivity index is 1.66. The molecule has 0 aliphatic carbocycles. The summed E-state index contributed by atoms with van der Waals surface area (Å²) in [6, 6.07) is 4.35. The van der Waals surface area contributed by atoms with E-state index in [2.05, 4.69) is 15.6 Å². The highest BCUT2D eigenvalue weighted by Crippen LogP contribution is 2.23. The van der Waals surface area contributed by atoms with E-state index in [9.17, 15) is 22.8 Å². The summed E-state index contributed by atoms with van der Waals surface area (Å²) < 4.78 is 40.3. The van der Waals surface area contributed by atoms with Gasteiger partial charge in [0.1, 0.15) is 23.3 Å². The molecule has 3 rings (SSSR count). The minimum atomic E-state index is -0.986. The topological polar surface area (TPSA) is 74.3 Å². The lowest BCUT2D eigenvalue weighted by molar-refractivity contribution is -0.119. The third-order valence-corrected chi connectivity index (χ3v) is 4.14. The minimum absolute atomic E-state index is 0.177. The van der Waals surface area contributed by atoms with Crippen molar-refractivity contribution in [1.29, 1.82) is 0 Å². The van der Waals surface area contributed by atoms with Crippen molar-refractivity contribution in [1.82, 2.24) is 15.2 Å². The maximum Gasteiger partial charge on any atom is 0.256 e. The van der Waals surface area contributed by atoms with Crippen LogP contribution < -0.4 is 10.6 Å². The van der Waals surface area contributed by atoms with Crippen LogP contribution in [0.15, 0.2) is 24.3 Å². The van der Waals surface area contributed by atoms with Crippen molar-refractivity contribution in [3.63, 3.8) is 0 Å². The molecule has 9 heteroatoms. The highest BCUT2D eigenvalue weighted by molar-refractivity contribution is 5.98. The van der Waals surface area contributed by atoms with Gasteiger partial charge < -0.3 is 15.5 Å². The number of nitrogens with zero attached hydrogens (tertiary/aromatic N) is 2. The van der Waals surface area contributed by atoms with Gasteiger partial charge in [-0.05, 0) is 12.1 Å². The van der Waals surface area contributed by atoms with Gasteiger partial charge in [0.15, 0.2) is 0 Å². The second-order valence-electron chi connectivity index (χ2n) is 6.10. The molecular formula is C18H17F3N4O2. The molecule has 0 bridgehead atoms. The van der Waals surface area contributed by atoms with Gasteiger partial charge in [0.25, 0.3) is 5.91 Å². The Hall–Kier alpha value is -3.10. The van der Waals surface area contributed by atoms with Crippen LogP contribution in [0, 0.1) is 17.5 Å². The smallest absolute Gasteiger partial charge is 0.256 e. The van der Waals surface area contributed by atoms with Crippen molar-refractivity contribution < 1.29 is 22.8 Å². The Kier molecular flexibility index (Phi) is 5.29. The van der Waals surface area contributed by atoms with Gasteiger partial charge in [0.2, 0.25) is 5.91 Å². The fourth-order valence-electron chi connectivity index (χ4n) is 2.81. The number of carbonyl (C=O) groups is 2. The molecule has 2 amide bonds. The van der Waals surface area contributed by atoms with E-state index in [1.807, 2.05) is 0 Å². The van der Waals surface area contributed by atoms with Crippen LogP contribution in [0.1, 0.15) is 28.5 Å². The van der Waals surface area contributed by atoms with Gasteiger partial charge in [-0.2, -0.15) is 0 Å². The normalized spacial score (nSPS) is 12.9. The molecule has 2 N–H and O–H groups in total. The third-order valence-electron chi connectivity index (χ3n) is 4.14. The highest BCUT2D eigenvalue weighted by atomic mass is 19.1. The Labute approximate surface area is 153 Å². The number of anilines is 1. The number of carbonyl (C=O) groups excluding carboxylic acids is 2. The maximum atomic E-state index is 13.7. The van der Waals surface area contributed by atoms with Crippen LogP contribution in [0.5, 0.6) is 0 Å². The minimum Gasteiger partial charge on any atom is -0.366 e. The summed E-state index contributed by atoms with van der Waals surface area (Å²) >= 11 is 0. The summed E-state index contributed by atoms with van der Waals surface area (Å²) in [7, 11) is 0. The van der Waals surface area contributed by atoms with Crippen LogP contribution in [-0.2, 0) is 17.9 Å². The Morgan fingerprint density at radius 2 is 1.93 bits per heavy atom. The Bertz CT molecular complexity index is 881.